The largest absolute Gasteiger partial charge is 0.416 e. The molecule has 0 saturated heterocycles. The molecule has 0 atom stereocenters. The van der Waals surface area contributed by atoms with Gasteiger partial charge >= 0.3 is 6.18 Å². The Labute approximate surface area is 183 Å². The molecule has 0 aliphatic rings. The molecule has 0 aliphatic carbocycles. The van der Waals surface area contributed by atoms with E-state index in [-0.39, 0.29) is 23.6 Å². The van der Waals surface area contributed by atoms with Gasteiger partial charge in [-0.25, -0.2) is 0 Å². The van der Waals surface area contributed by atoms with E-state index in [2.05, 4.69) is 15.7 Å². The number of nitrogens with one attached hydrogen (secondary N) is 2. The molecule has 9 heteroatoms. The Morgan fingerprint density at radius 3 is 2.28 bits per heavy atom. The van der Waals surface area contributed by atoms with Gasteiger partial charge in [0.1, 0.15) is 0 Å². The van der Waals surface area contributed by atoms with E-state index in [9.17, 15) is 22.8 Å². The molecule has 2 amide bonds. The van der Waals surface area contributed by atoms with Crippen LogP contribution in [0.5, 0.6) is 0 Å². The molecule has 3 aromatic rings. The quantitative estimate of drug-likeness (QED) is 0.569. The van der Waals surface area contributed by atoms with E-state index in [1.54, 1.807) is 16.8 Å². The highest BCUT2D eigenvalue weighted by Gasteiger charge is 2.30. The minimum absolute atomic E-state index is 0.0291. The number of anilines is 2. The first-order chi connectivity index (χ1) is 15.0. The van der Waals surface area contributed by atoms with Gasteiger partial charge in [0.05, 0.1) is 11.3 Å². The number of aryl methyl sites for hydroxylation is 2. The lowest BCUT2D eigenvalue weighted by Gasteiger charge is -2.11. The number of carbonyl (C=O) groups is 2. The highest BCUT2D eigenvalue weighted by molar-refractivity contribution is 6.05. The first-order valence-corrected chi connectivity index (χ1v) is 9.92. The number of amides is 2. The van der Waals surface area contributed by atoms with E-state index in [0.29, 0.717) is 12.1 Å². The van der Waals surface area contributed by atoms with Crippen molar-refractivity contribution < 1.29 is 22.8 Å². The molecule has 0 spiro atoms. The molecule has 1 aromatic heterocycles. The van der Waals surface area contributed by atoms with Gasteiger partial charge in [0.15, 0.2) is 0 Å². The summed E-state index contributed by atoms with van der Waals surface area (Å²) in [7, 11) is 1.85. The number of rotatable bonds is 6. The third kappa shape index (κ3) is 5.54. The maximum atomic E-state index is 12.9. The number of aromatic nitrogens is 2. The molecule has 0 aliphatic heterocycles. The molecule has 0 bridgehead atoms. The first-order valence-electron chi connectivity index (χ1n) is 9.92. The molecule has 0 radical (unpaired) electrons. The second kappa shape index (κ2) is 9.25. The van der Waals surface area contributed by atoms with Gasteiger partial charge in [-0.15, -0.1) is 0 Å². The number of alkyl halides is 3. The third-order valence-corrected chi connectivity index (χ3v) is 5.12. The zero-order valence-electron chi connectivity index (χ0n) is 17.9. The van der Waals surface area contributed by atoms with Gasteiger partial charge < -0.3 is 10.6 Å². The first kappa shape index (κ1) is 23.1. The van der Waals surface area contributed by atoms with Crippen molar-refractivity contribution in [2.45, 2.75) is 32.9 Å². The summed E-state index contributed by atoms with van der Waals surface area (Å²) in [6.45, 7) is 3.84. The Balaban J connectivity index is 1.63. The second-order valence-corrected chi connectivity index (χ2v) is 7.43. The Morgan fingerprint density at radius 1 is 1.00 bits per heavy atom. The molecule has 2 aromatic carbocycles. The molecule has 6 nitrogen and oxygen atoms in total. The highest BCUT2D eigenvalue weighted by Crippen LogP contribution is 2.30. The maximum Gasteiger partial charge on any atom is 0.416 e. The monoisotopic (exact) mass is 444 g/mol. The van der Waals surface area contributed by atoms with Crippen LogP contribution in [0, 0.1) is 13.8 Å². The molecular formula is C23H23F3N4O2. The topological polar surface area (TPSA) is 76.0 Å². The van der Waals surface area contributed by atoms with Crippen LogP contribution in [0.4, 0.5) is 24.5 Å². The van der Waals surface area contributed by atoms with Crippen molar-refractivity contribution in [1.29, 1.82) is 0 Å². The maximum absolute atomic E-state index is 12.9. The van der Waals surface area contributed by atoms with Crippen molar-refractivity contribution in [3.8, 4) is 0 Å². The van der Waals surface area contributed by atoms with E-state index in [1.807, 2.05) is 20.9 Å². The molecular weight excluding hydrogens is 421 g/mol. The summed E-state index contributed by atoms with van der Waals surface area (Å²) in [6, 6.07) is 10.6. The Bertz CT molecular complexity index is 1150. The van der Waals surface area contributed by atoms with Crippen LogP contribution in [0.3, 0.4) is 0 Å². The fourth-order valence-electron chi connectivity index (χ4n) is 3.36. The van der Waals surface area contributed by atoms with Gasteiger partial charge in [0.25, 0.3) is 5.91 Å². The summed E-state index contributed by atoms with van der Waals surface area (Å²) < 4.78 is 40.4. The molecule has 32 heavy (non-hydrogen) atoms. The smallest absolute Gasteiger partial charge is 0.326 e. The molecule has 0 unspecified atom stereocenters. The summed E-state index contributed by atoms with van der Waals surface area (Å²) in [5.74, 6) is -0.801. The third-order valence-electron chi connectivity index (χ3n) is 5.12. The average molecular weight is 444 g/mol. The van der Waals surface area contributed by atoms with Crippen molar-refractivity contribution in [3.05, 3.63) is 76.6 Å². The number of carbonyl (C=O) groups excluding carboxylic acids is 2. The van der Waals surface area contributed by atoms with Crippen molar-refractivity contribution >= 4 is 23.2 Å². The SMILES string of the molecule is Cc1nn(C)c(C)c1CCC(=O)Nc1cccc(C(=O)Nc2cccc(C(F)(F)F)c2)c1. The van der Waals surface area contributed by atoms with E-state index < -0.39 is 17.6 Å². The Morgan fingerprint density at radius 2 is 1.66 bits per heavy atom. The number of hydrogen-bond donors (Lipinski definition) is 2. The number of nitrogens with zero attached hydrogens (tertiary/aromatic N) is 2. The molecule has 2 N–H and O–H groups in total. The van der Waals surface area contributed by atoms with Crippen LogP contribution in [-0.4, -0.2) is 21.6 Å². The molecule has 3 rings (SSSR count). The van der Waals surface area contributed by atoms with E-state index in [0.717, 1.165) is 29.1 Å². The summed E-state index contributed by atoms with van der Waals surface area (Å²) in [5, 5.41) is 9.54. The molecule has 0 fully saturated rings. The van der Waals surface area contributed by atoms with Gasteiger partial charge in [0, 0.05) is 36.1 Å². The molecule has 168 valence electrons. The van der Waals surface area contributed by atoms with Crippen molar-refractivity contribution in [2.24, 2.45) is 7.05 Å². The summed E-state index contributed by atoms with van der Waals surface area (Å²) in [6.07, 6.45) is -3.72. The van der Waals surface area contributed by atoms with Crippen LogP contribution in [0.25, 0.3) is 0 Å². The van der Waals surface area contributed by atoms with E-state index in [1.165, 1.54) is 24.3 Å². The van der Waals surface area contributed by atoms with Gasteiger partial charge in [-0.1, -0.05) is 12.1 Å². The molecule has 0 saturated carbocycles. The van der Waals surface area contributed by atoms with Gasteiger partial charge in [-0.2, -0.15) is 18.3 Å². The van der Waals surface area contributed by atoms with E-state index >= 15 is 0 Å². The van der Waals surface area contributed by atoms with Crippen LogP contribution < -0.4 is 10.6 Å². The van der Waals surface area contributed by atoms with Crippen LogP contribution >= 0.6 is 0 Å². The lowest BCUT2D eigenvalue weighted by atomic mass is 10.1. The van der Waals surface area contributed by atoms with Crippen LogP contribution in [0.15, 0.2) is 48.5 Å². The Kier molecular flexibility index (Phi) is 6.67. The average Bonchev–Trinajstić information content (AvgIpc) is 2.97. The summed E-state index contributed by atoms with van der Waals surface area (Å²) >= 11 is 0. The van der Waals surface area contributed by atoms with Crippen LogP contribution in [-0.2, 0) is 24.4 Å². The number of hydrogen-bond acceptors (Lipinski definition) is 3. The number of halogens is 3. The summed E-state index contributed by atoms with van der Waals surface area (Å²) in [5.41, 5.74) is 2.72. The van der Waals surface area contributed by atoms with Gasteiger partial charge in [-0.05, 0) is 62.2 Å². The van der Waals surface area contributed by atoms with Crippen molar-refractivity contribution in [3.63, 3.8) is 0 Å². The zero-order chi connectivity index (χ0) is 23.5. The highest BCUT2D eigenvalue weighted by atomic mass is 19.4. The lowest BCUT2D eigenvalue weighted by molar-refractivity contribution is -0.137. The number of benzene rings is 2. The molecule has 1 heterocycles. The normalized spacial score (nSPS) is 11.3. The lowest BCUT2D eigenvalue weighted by Crippen LogP contribution is -2.15. The van der Waals surface area contributed by atoms with Gasteiger partial charge in [0.2, 0.25) is 5.91 Å². The predicted octanol–water partition coefficient (Wildman–Crippen LogP) is 4.88. The van der Waals surface area contributed by atoms with E-state index in [4.69, 9.17) is 0 Å². The fraction of sp³-hybridized carbons (Fsp3) is 0.261. The van der Waals surface area contributed by atoms with Crippen LogP contribution in [0.2, 0.25) is 0 Å². The minimum atomic E-state index is -4.50. The second-order valence-electron chi connectivity index (χ2n) is 7.43. The standard InChI is InChI=1S/C23H23F3N4O2/c1-14-20(15(2)30(3)29-14)10-11-21(31)27-18-8-4-6-16(12-18)22(32)28-19-9-5-7-17(13-19)23(24,25)26/h4-9,12-13H,10-11H2,1-3H3,(H,27,31)(H,28,32). The van der Waals surface area contributed by atoms with Crippen molar-refractivity contribution in [2.75, 3.05) is 10.6 Å². The zero-order valence-corrected chi connectivity index (χ0v) is 17.9. The van der Waals surface area contributed by atoms with Gasteiger partial charge in [-0.3, -0.25) is 14.3 Å². The minimum Gasteiger partial charge on any atom is -0.326 e. The summed E-state index contributed by atoms with van der Waals surface area (Å²) in [4.78, 5) is 24.9. The fourth-order valence-corrected chi connectivity index (χ4v) is 3.36. The Hall–Kier alpha value is -3.62. The predicted molar refractivity (Wildman–Crippen MR) is 115 cm³/mol. The van der Waals surface area contributed by atoms with Crippen LogP contribution in [0.1, 0.15) is 39.3 Å². The van der Waals surface area contributed by atoms with Crippen molar-refractivity contribution in [1.82, 2.24) is 9.78 Å².